The first-order valence-electron chi connectivity index (χ1n) is 8.14. The van der Waals surface area contributed by atoms with Crippen LogP contribution in [0.25, 0.3) is 22.2 Å². The summed E-state index contributed by atoms with van der Waals surface area (Å²) >= 11 is 5.39. The van der Waals surface area contributed by atoms with Crippen molar-refractivity contribution in [1.29, 1.82) is 0 Å². The van der Waals surface area contributed by atoms with Crippen LogP contribution in [0.5, 0.6) is 0 Å². The van der Waals surface area contributed by atoms with Gasteiger partial charge < -0.3 is 10.3 Å². The van der Waals surface area contributed by atoms with E-state index in [1.165, 1.54) is 23.6 Å². The number of fused-ring (bicyclic) bond motifs is 1. The maximum absolute atomic E-state index is 5.54. The van der Waals surface area contributed by atoms with Crippen LogP contribution in [0.15, 0.2) is 42.5 Å². The Kier molecular flexibility index (Phi) is 5.20. The van der Waals surface area contributed by atoms with Gasteiger partial charge in [-0.2, -0.15) is 5.10 Å². The summed E-state index contributed by atoms with van der Waals surface area (Å²) in [5.41, 5.74) is 6.63. The van der Waals surface area contributed by atoms with Gasteiger partial charge in [-0.1, -0.05) is 49.2 Å². The van der Waals surface area contributed by atoms with E-state index in [9.17, 15) is 0 Å². The topological polar surface area (TPSA) is 59.6 Å². The van der Waals surface area contributed by atoms with Gasteiger partial charge in [0.15, 0.2) is 10.6 Å². The number of nitrogens with one attached hydrogen (secondary N) is 1. The molecule has 0 bridgehead atoms. The third-order valence-electron chi connectivity index (χ3n) is 4.10. The molecule has 3 aromatic rings. The molecule has 0 amide bonds. The lowest BCUT2D eigenvalue weighted by Gasteiger charge is -2.08. The Morgan fingerprint density at radius 2 is 1.78 bits per heavy atom. The number of hydrogen-bond acceptors (Lipinski definition) is 3. The molecule has 0 fully saturated rings. The van der Waals surface area contributed by atoms with Gasteiger partial charge in [-0.15, -0.1) is 0 Å². The van der Waals surface area contributed by atoms with Crippen LogP contribution in [0.1, 0.15) is 25.7 Å². The summed E-state index contributed by atoms with van der Waals surface area (Å²) in [6, 6.07) is 14.8. The fourth-order valence-corrected chi connectivity index (χ4v) is 3.07. The summed E-state index contributed by atoms with van der Waals surface area (Å²) in [7, 11) is 0. The minimum atomic E-state index is 0.687. The molecule has 0 radical (unpaired) electrons. The third kappa shape index (κ3) is 3.68. The first kappa shape index (κ1) is 15.9. The third-order valence-corrected chi connectivity index (χ3v) is 4.41. The van der Waals surface area contributed by atoms with Crippen molar-refractivity contribution >= 4 is 23.0 Å². The van der Waals surface area contributed by atoms with E-state index in [4.69, 9.17) is 18.0 Å². The maximum atomic E-state index is 5.54. The molecule has 2 aromatic carbocycles. The number of hydrogen-bond donors (Lipinski definition) is 2. The minimum Gasteiger partial charge on any atom is -0.330 e. The highest BCUT2D eigenvalue weighted by atomic mass is 32.1. The molecule has 4 nitrogen and oxygen atoms in total. The monoisotopic (exact) mass is 326 g/mol. The number of aromatic nitrogens is 3. The summed E-state index contributed by atoms with van der Waals surface area (Å²) in [6.45, 7) is 1.66. The van der Waals surface area contributed by atoms with Gasteiger partial charge in [0.2, 0.25) is 0 Å². The fraction of sp³-hybridized carbons (Fsp3) is 0.333. The Morgan fingerprint density at radius 3 is 2.61 bits per heavy atom. The lowest BCUT2D eigenvalue weighted by Crippen LogP contribution is -2.02. The average Bonchev–Trinajstić information content (AvgIpc) is 2.95. The summed E-state index contributed by atoms with van der Waals surface area (Å²) in [5, 5.41) is 9.82. The standard InChI is InChI=1S/C18H22N4S/c19-11-5-1-2-6-12-22-17(20-21-18(22)23)16-10-9-14-7-3-4-8-15(14)13-16/h3-4,7-10,13H,1-2,5-6,11-12,19H2,(H,21,23). The summed E-state index contributed by atoms with van der Waals surface area (Å²) < 4.78 is 2.79. The number of aromatic amines is 1. The maximum Gasteiger partial charge on any atom is 0.195 e. The zero-order valence-corrected chi connectivity index (χ0v) is 14.0. The quantitative estimate of drug-likeness (QED) is 0.503. The Bertz CT molecular complexity index is 834. The second-order valence-electron chi connectivity index (χ2n) is 5.77. The number of nitrogens with zero attached hydrogens (tertiary/aromatic N) is 2. The van der Waals surface area contributed by atoms with Crippen LogP contribution in [-0.2, 0) is 6.54 Å². The first-order chi connectivity index (χ1) is 11.3. The number of nitrogens with two attached hydrogens (primary N) is 1. The second kappa shape index (κ2) is 7.53. The largest absolute Gasteiger partial charge is 0.330 e. The SMILES string of the molecule is NCCCCCCn1c(-c2ccc3ccccc3c2)n[nH]c1=S. The predicted octanol–water partition coefficient (Wildman–Crippen LogP) is 4.28. The van der Waals surface area contributed by atoms with Crippen LogP contribution in [0, 0.1) is 4.77 Å². The molecule has 120 valence electrons. The van der Waals surface area contributed by atoms with E-state index in [2.05, 4.69) is 57.2 Å². The molecule has 5 heteroatoms. The van der Waals surface area contributed by atoms with Gasteiger partial charge >= 0.3 is 0 Å². The molecule has 0 aliphatic rings. The molecule has 23 heavy (non-hydrogen) atoms. The molecule has 0 unspecified atom stereocenters. The Morgan fingerprint density at radius 1 is 1.00 bits per heavy atom. The molecule has 0 atom stereocenters. The van der Waals surface area contributed by atoms with Gasteiger partial charge in [0.1, 0.15) is 0 Å². The van der Waals surface area contributed by atoms with E-state index in [1.54, 1.807) is 0 Å². The molecule has 1 aromatic heterocycles. The number of rotatable bonds is 7. The zero-order valence-electron chi connectivity index (χ0n) is 13.2. The molecule has 0 aliphatic carbocycles. The predicted molar refractivity (Wildman–Crippen MR) is 97.9 cm³/mol. The first-order valence-corrected chi connectivity index (χ1v) is 8.55. The van der Waals surface area contributed by atoms with Crippen LogP contribution >= 0.6 is 12.2 Å². The van der Waals surface area contributed by atoms with Gasteiger partial charge in [0, 0.05) is 12.1 Å². The molecular formula is C18H22N4S. The normalized spacial score (nSPS) is 11.2. The Balaban J connectivity index is 1.82. The highest BCUT2D eigenvalue weighted by Crippen LogP contribution is 2.23. The lowest BCUT2D eigenvalue weighted by molar-refractivity contribution is 0.573. The van der Waals surface area contributed by atoms with Crippen LogP contribution in [-0.4, -0.2) is 21.3 Å². The van der Waals surface area contributed by atoms with E-state index in [0.29, 0.717) is 4.77 Å². The molecular weight excluding hydrogens is 304 g/mol. The molecule has 0 saturated carbocycles. The van der Waals surface area contributed by atoms with Crippen LogP contribution in [0.2, 0.25) is 0 Å². The van der Waals surface area contributed by atoms with Crippen molar-refractivity contribution in [3.05, 3.63) is 47.2 Å². The zero-order chi connectivity index (χ0) is 16.1. The van der Waals surface area contributed by atoms with E-state index in [1.807, 2.05) is 0 Å². The van der Waals surface area contributed by atoms with Crippen LogP contribution in [0.4, 0.5) is 0 Å². The molecule has 1 heterocycles. The molecule has 3 rings (SSSR count). The van der Waals surface area contributed by atoms with Crippen molar-refractivity contribution in [2.24, 2.45) is 5.73 Å². The molecule has 3 N–H and O–H groups in total. The van der Waals surface area contributed by atoms with E-state index < -0.39 is 0 Å². The highest BCUT2D eigenvalue weighted by molar-refractivity contribution is 7.71. The Labute approximate surface area is 141 Å². The summed E-state index contributed by atoms with van der Waals surface area (Å²) in [6.07, 6.45) is 4.52. The van der Waals surface area contributed by atoms with E-state index >= 15 is 0 Å². The smallest absolute Gasteiger partial charge is 0.195 e. The Hall–Kier alpha value is -1.98. The minimum absolute atomic E-state index is 0.687. The molecule has 0 saturated heterocycles. The van der Waals surface area contributed by atoms with Crippen molar-refractivity contribution < 1.29 is 0 Å². The van der Waals surface area contributed by atoms with Gasteiger partial charge in [0.05, 0.1) is 0 Å². The van der Waals surface area contributed by atoms with Crippen LogP contribution < -0.4 is 5.73 Å². The van der Waals surface area contributed by atoms with Crippen molar-refractivity contribution in [2.75, 3.05) is 6.54 Å². The van der Waals surface area contributed by atoms with E-state index in [-0.39, 0.29) is 0 Å². The van der Waals surface area contributed by atoms with Crippen molar-refractivity contribution in [3.63, 3.8) is 0 Å². The van der Waals surface area contributed by atoms with Crippen LogP contribution in [0.3, 0.4) is 0 Å². The van der Waals surface area contributed by atoms with Gasteiger partial charge in [0.25, 0.3) is 0 Å². The summed E-state index contributed by atoms with van der Waals surface area (Å²) in [5.74, 6) is 0.916. The lowest BCUT2D eigenvalue weighted by atomic mass is 10.1. The molecule has 0 aliphatic heterocycles. The van der Waals surface area contributed by atoms with Crippen molar-refractivity contribution in [1.82, 2.24) is 14.8 Å². The fourth-order valence-electron chi connectivity index (χ4n) is 2.84. The van der Waals surface area contributed by atoms with Crippen molar-refractivity contribution in [3.8, 4) is 11.4 Å². The second-order valence-corrected chi connectivity index (χ2v) is 6.16. The van der Waals surface area contributed by atoms with Gasteiger partial charge in [-0.05, 0) is 48.4 Å². The van der Waals surface area contributed by atoms with Gasteiger partial charge in [-0.3, -0.25) is 5.10 Å². The summed E-state index contributed by atoms with van der Waals surface area (Å²) in [4.78, 5) is 0. The number of unbranched alkanes of at least 4 members (excludes halogenated alkanes) is 3. The number of H-pyrrole nitrogens is 1. The highest BCUT2D eigenvalue weighted by Gasteiger charge is 2.09. The van der Waals surface area contributed by atoms with E-state index in [0.717, 1.165) is 37.3 Å². The van der Waals surface area contributed by atoms with Crippen molar-refractivity contribution in [2.45, 2.75) is 32.2 Å². The molecule has 0 spiro atoms. The van der Waals surface area contributed by atoms with Gasteiger partial charge in [-0.25, -0.2) is 0 Å². The average molecular weight is 326 g/mol. The number of benzene rings is 2.